The second-order valence-electron chi connectivity index (χ2n) is 8.54. The van der Waals surface area contributed by atoms with Gasteiger partial charge in [0.05, 0.1) is 0 Å². The zero-order chi connectivity index (χ0) is 22.5. The highest BCUT2D eigenvalue weighted by Crippen LogP contribution is 2.30. The summed E-state index contributed by atoms with van der Waals surface area (Å²) in [6.45, 7) is 7.71. The molecule has 7 nitrogen and oxygen atoms in total. The van der Waals surface area contributed by atoms with Crippen LogP contribution in [-0.2, 0) is 17.8 Å². The highest BCUT2D eigenvalue weighted by atomic mass is 16.1. The summed E-state index contributed by atoms with van der Waals surface area (Å²) in [6, 6.07) is 8.42. The summed E-state index contributed by atoms with van der Waals surface area (Å²) in [5.74, 6) is 1.67. The number of aromatic nitrogens is 4. The van der Waals surface area contributed by atoms with Crippen molar-refractivity contribution in [3.05, 3.63) is 65.4 Å². The number of imidazole rings is 1. The maximum Gasteiger partial charge on any atom is 0.237 e. The Kier molecular flexibility index (Phi) is 6.83. The fourth-order valence-electron chi connectivity index (χ4n) is 4.40. The summed E-state index contributed by atoms with van der Waals surface area (Å²) in [5, 5.41) is 3.10. The molecule has 1 aliphatic rings. The Hall–Kier alpha value is -3.22. The van der Waals surface area contributed by atoms with Gasteiger partial charge in [-0.3, -0.25) is 9.36 Å². The van der Waals surface area contributed by atoms with E-state index in [2.05, 4.69) is 53.3 Å². The summed E-state index contributed by atoms with van der Waals surface area (Å²) in [6.07, 6.45) is 9.86. The zero-order valence-electron chi connectivity index (χ0n) is 19.2. The number of aryl methyl sites for hydroxylation is 2. The third-order valence-electron chi connectivity index (χ3n) is 6.20. The number of amides is 1. The van der Waals surface area contributed by atoms with Gasteiger partial charge in [0.2, 0.25) is 11.9 Å². The number of carbonyl (C=O) groups is 1. The third-order valence-corrected chi connectivity index (χ3v) is 6.20. The number of hydrogen-bond donors (Lipinski definition) is 1. The van der Waals surface area contributed by atoms with E-state index in [1.807, 2.05) is 17.7 Å². The van der Waals surface area contributed by atoms with Gasteiger partial charge in [0.15, 0.2) is 0 Å². The normalized spacial score (nSPS) is 16.2. The molecule has 0 spiro atoms. The molecule has 1 unspecified atom stereocenters. The average Bonchev–Trinajstić information content (AvgIpc) is 3.34. The molecule has 1 N–H and O–H groups in total. The second-order valence-corrected chi connectivity index (χ2v) is 8.54. The van der Waals surface area contributed by atoms with Crippen molar-refractivity contribution in [3.8, 4) is 5.95 Å². The first-order valence-corrected chi connectivity index (χ1v) is 11.5. The Balaban J connectivity index is 1.52. The van der Waals surface area contributed by atoms with Crippen LogP contribution >= 0.6 is 0 Å². The number of carbonyl (C=O) groups excluding carboxylic acids is 1. The Labute approximate surface area is 189 Å². The van der Waals surface area contributed by atoms with Crippen LogP contribution in [0.5, 0.6) is 0 Å². The molecule has 0 aliphatic carbocycles. The Bertz CT molecular complexity index is 1050. The molecule has 1 saturated heterocycles. The van der Waals surface area contributed by atoms with Crippen LogP contribution < -0.4 is 10.2 Å². The van der Waals surface area contributed by atoms with Crippen LogP contribution in [-0.4, -0.2) is 38.0 Å². The number of benzene rings is 1. The van der Waals surface area contributed by atoms with Crippen molar-refractivity contribution in [2.75, 3.05) is 11.4 Å². The van der Waals surface area contributed by atoms with Gasteiger partial charge in [-0.25, -0.2) is 9.97 Å². The third kappa shape index (κ3) is 4.98. The summed E-state index contributed by atoms with van der Waals surface area (Å²) in [7, 11) is 0. The van der Waals surface area contributed by atoms with E-state index in [0.29, 0.717) is 18.9 Å². The lowest BCUT2D eigenvalue weighted by Gasteiger charge is -2.37. The Morgan fingerprint density at radius 3 is 2.69 bits per heavy atom. The van der Waals surface area contributed by atoms with Crippen molar-refractivity contribution in [2.24, 2.45) is 0 Å². The van der Waals surface area contributed by atoms with Crippen molar-refractivity contribution in [1.82, 2.24) is 24.8 Å². The first kappa shape index (κ1) is 22.0. The molecular formula is C25H32N6O. The molecule has 0 saturated carbocycles. The predicted octanol–water partition coefficient (Wildman–Crippen LogP) is 3.91. The van der Waals surface area contributed by atoms with Gasteiger partial charge in [-0.1, -0.05) is 36.8 Å². The van der Waals surface area contributed by atoms with E-state index >= 15 is 0 Å². The lowest BCUT2D eigenvalue weighted by Crippen LogP contribution is -2.44. The van der Waals surface area contributed by atoms with Crippen LogP contribution in [0.3, 0.4) is 0 Å². The Morgan fingerprint density at radius 1 is 1.16 bits per heavy atom. The predicted molar refractivity (Wildman–Crippen MR) is 126 cm³/mol. The quantitative estimate of drug-likeness (QED) is 0.613. The van der Waals surface area contributed by atoms with Gasteiger partial charge in [0.25, 0.3) is 0 Å². The molecule has 1 fully saturated rings. The molecule has 4 rings (SSSR count). The van der Waals surface area contributed by atoms with Gasteiger partial charge >= 0.3 is 0 Å². The van der Waals surface area contributed by atoms with Gasteiger partial charge in [0, 0.05) is 49.2 Å². The minimum absolute atomic E-state index is 0.0844. The van der Waals surface area contributed by atoms with Crippen molar-refractivity contribution in [3.63, 3.8) is 0 Å². The van der Waals surface area contributed by atoms with Gasteiger partial charge < -0.3 is 10.2 Å². The summed E-state index contributed by atoms with van der Waals surface area (Å²) < 4.78 is 1.84. The maximum atomic E-state index is 12.8. The standard InChI is InChI=1S/C25H32N6O/c1-4-22-19(3)28-25(30-14-12-26-17-30)29-24(22)31-13-6-5-7-21(31)15-23(32)27-16-20-10-8-18(2)9-11-20/h8-12,14,17,21H,4-7,13,15-16H2,1-3H3,(H,27,32). The first-order valence-electron chi connectivity index (χ1n) is 11.5. The molecule has 2 aromatic heterocycles. The van der Waals surface area contributed by atoms with E-state index in [1.54, 1.807) is 12.5 Å². The minimum Gasteiger partial charge on any atom is -0.353 e. The molecule has 1 atom stereocenters. The SMILES string of the molecule is CCc1c(C)nc(-n2ccnc2)nc1N1CCCCC1CC(=O)NCc1ccc(C)cc1. The zero-order valence-corrected chi connectivity index (χ0v) is 19.2. The number of nitrogens with one attached hydrogen (secondary N) is 1. The molecule has 32 heavy (non-hydrogen) atoms. The molecule has 1 aliphatic heterocycles. The molecule has 0 radical (unpaired) electrons. The van der Waals surface area contributed by atoms with E-state index in [-0.39, 0.29) is 11.9 Å². The topological polar surface area (TPSA) is 75.9 Å². The lowest BCUT2D eigenvalue weighted by molar-refractivity contribution is -0.121. The molecule has 1 aromatic carbocycles. The van der Waals surface area contributed by atoms with Crippen LogP contribution in [0.2, 0.25) is 0 Å². The van der Waals surface area contributed by atoms with Crippen LogP contribution in [0, 0.1) is 13.8 Å². The largest absolute Gasteiger partial charge is 0.353 e. The smallest absolute Gasteiger partial charge is 0.237 e. The van der Waals surface area contributed by atoms with Gasteiger partial charge in [-0.15, -0.1) is 0 Å². The second kappa shape index (κ2) is 9.94. The van der Waals surface area contributed by atoms with E-state index < -0.39 is 0 Å². The van der Waals surface area contributed by atoms with Gasteiger partial charge in [0.1, 0.15) is 12.1 Å². The minimum atomic E-state index is 0.0844. The monoisotopic (exact) mass is 432 g/mol. The summed E-state index contributed by atoms with van der Waals surface area (Å²) >= 11 is 0. The van der Waals surface area contributed by atoms with Crippen molar-refractivity contribution < 1.29 is 4.79 Å². The van der Waals surface area contributed by atoms with Gasteiger partial charge in [-0.2, -0.15) is 4.98 Å². The van der Waals surface area contributed by atoms with Crippen LogP contribution in [0.25, 0.3) is 5.95 Å². The fraction of sp³-hybridized carbons (Fsp3) is 0.440. The number of anilines is 1. The molecule has 3 aromatic rings. The van der Waals surface area contributed by atoms with E-state index in [0.717, 1.165) is 54.9 Å². The highest BCUT2D eigenvalue weighted by molar-refractivity contribution is 5.77. The van der Waals surface area contributed by atoms with Crippen LogP contribution in [0.1, 0.15) is 55.0 Å². The summed E-state index contributed by atoms with van der Waals surface area (Å²) in [5.41, 5.74) is 4.48. The number of hydrogen-bond acceptors (Lipinski definition) is 5. The van der Waals surface area contributed by atoms with Crippen molar-refractivity contribution >= 4 is 11.7 Å². The highest BCUT2D eigenvalue weighted by Gasteiger charge is 2.28. The number of nitrogens with zero attached hydrogens (tertiary/aromatic N) is 5. The average molecular weight is 433 g/mol. The van der Waals surface area contributed by atoms with Crippen LogP contribution in [0.4, 0.5) is 5.82 Å². The summed E-state index contributed by atoms with van der Waals surface area (Å²) in [4.78, 5) is 28.9. The maximum absolute atomic E-state index is 12.8. The van der Waals surface area contributed by atoms with E-state index in [9.17, 15) is 4.79 Å². The number of rotatable bonds is 7. The van der Waals surface area contributed by atoms with Gasteiger partial charge in [-0.05, 0) is 45.1 Å². The molecular weight excluding hydrogens is 400 g/mol. The molecule has 168 valence electrons. The van der Waals surface area contributed by atoms with E-state index in [4.69, 9.17) is 9.97 Å². The molecule has 0 bridgehead atoms. The van der Waals surface area contributed by atoms with E-state index in [1.165, 1.54) is 5.56 Å². The lowest BCUT2D eigenvalue weighted by atomic mass is 9.97. The molecule has 1 amide bonds. The van der Waals surface area contributed by atoms with Crippen LogP contribution in [0.15, 0.2) is 43.0 Å². The molecule has 7 heteroatoms. The van der Waals surface area contributed by atoms with Crippen molar-refractivity contribution in [2.45, 2.75) is 65.5 Å². The first-order chi connectivity index (χ1) is 15.5. The fourth-order valence-corrected chi connectivity index (χ4v) is 4.40. The van der Waals surface area contributed by atoms with Crippen molar-refractivity contribution in [1.29, 1.82) is 0 Å². The Morgan fingerprint density at radius 2 is 1.97 bits per heavy atom. The number of piperidine rings is 1. The molecule has 3 heterocycles.